The second-order valence-electron chi connectivity index (χ2n) is 7.30. The summed E-state index contributed by atoms with van der Waals surface area (Å²) in [6.45, 7) is 11.6. The Labute approximate surface area is 154 Å². The zero-order valence-corrected chi connectivity index (χ0v) is 15.7. The molecule has 1 saturated heterocycles. The predicted octanol–water partition coefficient (Wildman–Crippen LogP) is 2.96. The highest BCUT2D eigenvalue weighted by Gasteiger charge is 2.20. The molecule has 0 bridgehead atoms. The Kier molecular flexibility index (Phi) is 4.68. The molecule has 2 aliphatic rings. The summed E-state index contributed by atoms with van der Waals surface area (Å²) < 4.78 is 10.9. The number of anilines is 1. The van der Waals surface area contributed by atoms with Crippen molar-refractivity contribution >= 4 is 5.82 Å². The van der Waals surface area contributed by atoms with Crippen LogP contribution in [0.5, 0.6) is 11.5 Å². The van der Waals surface area contributed by atoms with Crippen LogP contribution in [0, 0.1) is 6.92 Å². The Balaban J connectivity index is 1.38. The quantitative estimate of drug-likeness (QED) is 0.841. The van der Waals surface area contributed by atoms with Gasteiger partial charge in [0.15, 0.2) is 11.5 Å². The molecule has 6 nitrogen and oxygen atoms in total. The maximum absolute atomic E-state index is 5.48. The number of aryl methyl sites for hydroxylation is 1. The van der Waals surface area contributed by atoms with Gasteiger partial charge in [0.05, 0.1) is 0 Å². The maximum Gasteiger partial charge on any atom is 0.231 e. The van der Waals surface area contributed by atoms with Crippen LogP contribution in [-0.2, 0) is 6.54 Å². The number of piperazine rings is 1. The van der Waals surface area contributed by atoms with Gasteiger partial charge in [0.2, 0.25) is 6.79 Å². The molecule has 138 valence electrons. The maximum atomic E-state index is 5.48. The van der Waals surface area contributed by atoms with E-state index < -0.39 is 0 Å². The molecular formula is C20H26N4O2. The molecule has 3 heterocycles. The van der Waals surface area contributed by atoms with Crippen molar-refractivity contribution in [3.8, 4) is 11.5 Å². The van der Waals surface area contributed by atoms with Crippen LogP contribution in [0.4, 0.5) is 5.82 Å². The molecule has 2 aromatic rings. The van der Waals surface area contributed by atoms with Gasteiger partial charge in [-0.25, -0.2) is 9.97 Å². The second-order valence-corrected chi connectivity index (χ2v) is 7.30. The number of aromatic nitrogens is 2. The van der Waals surface area contributed by atoms with E-state index in [-0.39, 0.29) is 0 Å². The third-order valence-electron chi connectivity index (χ3n) is 4.98. The molecule has 0 spiro atoms. The Bertz CT molecular complexity index is 785. The second kappa shape index (κ2) is 7.11. The monoisotopic (exact) mass is 354 g/mol. The molecule has 1 fully saturated rings. The lowest BCUT2D eigenvalue weighted by Gasteiger charge is -2.35. The summed E-state index contributed by atoms with van der Waals surface area (Å²) >= 11 is 0. The van der Waals surface area contributed by atoms with Gasteiger partial charge in [-0.2, -0.15) is 0 Å². The zero-order valence-electron chi connectivity index (χ0n) is 15.7. The Morgan fingerprint density at radius 2 is 1.77 bits per heavy atom. The van der Waals surface area contributed by atoms with Crippen LogP contribution in [0.1, 0.15) is 36.8 Å². The predicted molar refractivity (Wildman–Crippen MR) is 101 cm³/mol. The van der Waals surface area contributed by atoms with Crippen molar-refractivity contribution in [2.75, 3.05) is 37.9 Å². The van der Waals surface area contributed by atoms with Gasteiger partial charge in [-0.3, -0.25) is 4.90 Å². The Morgan fingerprint density at radius 1 is 1.00 bits per heavy atom. The summed E-state index contributed by atoms with van der Waals surface area (Å²) in [7, 11) is 0. The van der Waals surface area contributed by atoms with E-state index in [2.05, 4.69) is 51.8 Å². The average Bonchev–Trinajstić information content (AvgIpc) is 3.09. The van der Waals surface area contributed by atoms with E-state index in [1.807, 2.05) is 13.0 Å². The van der Waals surface area contributed by atoms with Crippen LogP contribution in [0.15, 0.2) is 24.3 Å². The molecule has 1 aromatic heterocycles. The van der Waals surface area contributed by atoms with Crippen molar-refractivity contribution < 1.29 is 9.47 Å². The molecule has 6 heteroatoms. The largest absolute Gasteiger partial charge is 0.454 e. The number of rotatable bonds is 4. The van der Waals surface area contributed by atoms with E-state index >= 15 is 0 Å². The fourth-order valence-corrected chi connectivity index (χ4v) is 3.46. The van der Waals surface area contributed by atoms with Crippen LogP contribution in [-0.4, -0.2) is 47.8 Å². The molecule has 0 radical (unpaired) electrons. The van der Waals surface area contributed by atoms with E-state index in [0.29, 0.717) is 12.7 Å². The number of nitrogens with zero attached hydrogens (tertiary/aromatic N) is 4. The van der Waals surface area contributed by atoms with Gasteiger partial charge >= 0.3 is 0 Å². The molecule has 0 N–H and O–H groups in total. The summed E-state index contributed by atoms with van der Waals surface area (Å²) in [4.78, 5) is 14.1. The lowest BCUT2D eigenvalue weighted by atomic mass is 10.1. The van der Waals surface area contributed by atoms with Crippen LogP contribution in [0.25, 0.3) is 0 Å². The third-order valence-corrected chi connectivity index (χ3v) is 4.98. The van der Waals surface area contributed by atoms with Gasteiger partial charge in [0, 0.05) is 44.5 Å². The molecule has 2 aliphatic heterocycles. The molecule has 0 saturated carbocycles. The van der Waals surface area contributed by atoms with E-state index in [0.717, 1.165) is 61.6 Å². The first-order chi connectivity index (χ1) is 12.6. The van der Waals surface area contributed by atoms with E-state index in [1.54, 1.807) is 0 Å². The van der Waals surface area contributed by atoms with Crippen molar-refractivity contribution in [1.29, 1.82) is 0 Å². The van der Waals surface area contributed by atoms with Crippen molar-refractivity contribution in [3.63, 3.8) is 0 Å². The van der Waals surface area contributed by atoms with Gasteiger partial charge in [-0.05, 0) is 30.5 Å². The highest BCUT2D eigenvalue weighted by atomic mass is 16.7. The Hall–Kier alpha value is -2.34. The molecular weight excluding hydrogens is 328 g/mol. The normalized spacial score (nSPS) is 17.2. The molecule has 1 aromatic carbocycles. The highest BCUT2D eigenvalue weighted by Crippen LogP contribution is 2.33. The van der Waals surface area contributed by atoms with Gasteiger partial charge in [0.1, 0.15) is 11.6 Å². The molecule has 0 aliphatic carbocycles. The van der Waals surface area contributed by atoms with Gasteiger partial charge < -0.3 is 14.4 Å². The topological polar surface area (TPSA) is 50.7 Å². The minimum Gasteiger partial charge on any atom is -0.454 e. The van der Waals surface area contributed by atoms with Crippen LogP contribution in [0.2, 0.25) is 0 Å². The fraction of sp³-hybridized carbons (Fsp3) is 0.500. The smallest absolute Gasteiger partial charge is 0.231 e. The highest BCUT2D eigenvalue weighted by molar-refractivity contribution is 5.44. The van der Waals surface area contributed by atoms with Crippen molar-refractivity contribution in [3.05, 3.63) is 41.3 Å². The minimum atomic E-state index is 0.328. The van der Waals surface area contributed by atoms with Crippen molar-refractivity contribution in [2.45, 2.75) is 33.2 Å². The van der Waals surface area contributed by atoms with E-state index in [1.165, 1.54) is 5.56 Å². The summed E-state index contributed by atoms with van der Waals surface area (Å²) in [5.41, 5.74) is 2.39. The van der Waals surface area contributed by atoms with Gasteiger partial charge in [-0.15, -0.1) is 0 Å². The lowest BCUT2D eigenvalue weighted by Crippen LogP contribution is -2.46. The Morgan fingerprint density at radius 3 is 2.54 bits per heavy atom. The third kappa shape index (κ3) is 3.60. The zero-order chi connectivity index (χ0) is 18.1. The van der Waals surface area contributed by atoms with E-state index in [4.69, 9.17) is 9.47 Å². The molecule has 0 atom stereocenters. The average molecular weight is 354 g/mol. The number of hydrogen-bond acceptors (Lipinski definition) is 6. The van der Waals surface area contributed by atoms with Crippen molar-refractivity contribution in [1.82, 2.24) is 14.9 Å². The molecule has 4 rings (SSSR count). The van der Waals surface area contributed by atoms with Crippen molar-refractivity contribution in [2.24, 2.45) is 0 Å². The van der Waals surface area contributed by atoms with Gasteiger partial charge in [0.25, 0.3) is 0 Å². The molecule has 0 amide bonds. The molecule has 0 unspecified atom stereocenters. The molecule has 26 heavy (non-hydrogen) atoms. The first-order valence-corrected chi connectivity index (χ1v) is 9.30. The lowest BCUT2D eigenvalue weighted by molar-refractivity contribution is 0.174. The summed E-state index contributed by atoms with van der Waals surface area (Å²) in [5.74, 6) is 4.04. The standard InChI is InChI=1S/C20H26N4O2/c1-14(2)17-11-20(22-15(3)21-17)24-8-6-23(7-9-24)12-16-4-5-18-19(10-16)26-13-25-18/h4-5,10-11,14H,6-9,12-13H2,1-3H3. The van der Waals surface area contributed by atoms with Crippen LogP contribution in [0.3, 0.4) is 0 Å². The first kappa shape index (κ1) is 17.1. The number of hydrogen-bond donors (Lipinski definition) is 0. The van der Waals surface area contributed by atoms with E-state index in [9.17, 15) is 0 Å². The SMILES string of the molecule is Cc1nc(C(C)C)cc(N2CCN(Cc3ccc4c(c3)OCO4)CC2)n1. The minimum absolute atomic E-state index is 0.328. The number of benzene rings is 1. The summed E-state index contributed by atoms with van der Waals surface area (Å²) in [5, 5.41) is 0. The van der Waals surface area contributed by atoms with Crippen LogP contribution < -0.4 is 14.4 Å². The number of fused-ring (bicyclic) bond motifs is 1. The number of ether oxygens (including phenoxy) is 2. The summed E-state index contributed by atoms with van der Waals surface area (Å²) in [6.07, 6.45) is 0. The first-order valence-electron chi connectivity index (χ1n) is 9.30. The fourth-order valence-electron chi connectivity index (χ4n) is 3.46. The summed E-state index contributed by atoms with van der Waals surface area (Å²) in [6, 6.07) is 8.37. The van der Waals surface area contributed by atoms with Crippen LogP contribution >= 0.6 is 0 Å². The van der Waals surface area contributed by atoms with Gasteiger partial charge in [-0.1, -0.05) is 19.9 Å².